The van der Waals surface area contributed by atoms with Crippen molar-refractivity contribution in [2.45, 2.75) is 12.2 Å². The predicted molar refractivity (Wildman–Crippen MR) is 130 cm³/mol. The Morgan fingerprint density at radius 2 is 1.75 bits per heavy atom. The molecular formula is C24H20N4O2S2. The second-order valence-corrected chi connectivity index (χ2v) is 9.50. The number of carbonyl (C=O) groups is 2. The van der Waals surface area contributed by atoms with Gasteiger partial charge in [-0.1, -0.05) is 6.07 Å². The van der Waals surface area contributed by atoms with Gasteiger partial charge >= 0.3 is 0 Å². The molecule has 1 aromatic carbocycles. The molecule has 0 saturated carbocycles. The Bertz CT molecular complexity index is 1270. The number of hydrogen-bond acceptors (Lipinski definition) is 5. The van der Waals surface area contributed by atoms with Crippen molar-refractivity contribution in [1.82, 2.24) is 9.55 Å². The van der Waals surface area contributed by atoms with E-state index in [9.17, 15) is 9.59 Å². The van der Waals surface area contributed by atoms with Crippen LogP contribution in [0.25, 0.3) is 5.00 Å². The monoisotopic (exact) mass is 460 g/mol. The Morgan fingerprint density at radius 1 is 0.969 bits per heavy atom. The van der Waals surface area contributed by atoms with Crippen molar-refractivity contribution in [3.8, 4) is 5.00 Å². The molecule has 6 nitrogen and oxygen atoms in total. The van der Waals surface area contributed by atoms with E-state index in [-0.39, 0.29) is 11.8 Å². The van der Waals surface area contributed by atoms with Gasteiger partial charge in [-0.15, -0.1) is 11.3 Å². The van der Waals surface area contributed by atoms with E-state index in [4.69, 9.17) is 0 Å². The quantitative estimate of drug-likeness (QED) is 0.428. The van der Waals surface area contributed by atoms with E-state index in [0.29, 0.717) is 16.9 Å². The van der Waals surface area contributed by atoms with Gasteiger partial charge in [0, 0.05) is 46.8 Å². The summed E-state index contributed by atoms with van der Waals surface area (Å²) in [5, 5.41) is 6.83. The zero-order valence-electron chi connectivity index (χ0n) is 17.1. The average Bonchev–Trinajstić information content (AvgIpc) is 3.48. The lowest BCUT2D eigenvalue weighted by molar-refractivity contribution is 0.101. The molecule has 1 aliphatic rings. The van der Waals surface area contributed by atoms with Crippen molar-refractivity contribution in [3.05, 3.63) is 94.9 Å². The number of thiophene rings is 1. The van der Waals surface area contributed by atoms with Crippen LogP contribution in [0.15, 0.2) is 73.3 Å². The topological polar surface area (TPSA) is 76.0 Å². The molecule has 5 rings (SSSR count). The van der Waals surface area contributed by atoms with Crippen LogP contribution in [0.1, 0.15) is 31.2 Å². The Balaban J connectivity index is 1.40. The molecule has 4 heterocycles. The van der Waals surface area contributed by atoms with Crippen LogP contribution >= 0.6 is 23.1 Å². The first kappa shape index (κ1) is 20.5. The van der Waals surface area contributed by atoms with Crippen molar-refractivity contribution >= 4 is 46.3 Å². The van der Waals surface area contributed by atoms with E-state index >= 15 is 0 Å². The Hall–Kier alpha value is -3.36. The Morgan fingerprint density at radius 3 is 2.50 bits per heavy atom. The van der Waals surface area contributed by atoms with E-state index in [1.807, 2.05) is 46.9 Å². The molecule has 2 N–H and O–H groups in total. The first-order valence-electron chi connectivity index (χ1n) is 10.2. The second kappa shape index (κ2) is 9.02. The van der Waals surface area contributed by atoms with Gasteiger partial charge in [0.05, 0.1) is 11.1 Å². The maximum atomic E-state index is 13.4. The van der Waals surface area contributed by atoms with Crippen LogP contribution in [0.3, 0.4) is 0 Å². The largest absolute Gasteiger partial charge is 0.322 e. The minimum atomic E-state index is -0.249. The Kier molecular flexibility index (Phi) is 5.79. The molecule has 3 aromatic heterocycles. The highest BCUT2D eigenvalue weighted by atomic mass is 32.2. The summed E-state index contributed by atoms with van der Waals surface area (Å²) in [7, 11) is 0. The number of hydrogen-bond donors (Lipinski definition) is 2. The Labute approximate surface area is 193 Å². The number of nitrogens with zero attached hydrogens (tertiary/aromatic N) is 2. The summed E-state index contributed by atoms with van der Waals surface area (Å²) in [6, 6.07) is 14.5. The van der Waals surface area contributed by atoms with Crippen LogP contribution in [0.2, 0.25) is 0 Å². The van der Waals surface area contributed by atoms with Gasteiger partial charge in [-0.2, -0.15) is 11.8 Å². The summed E-state index contributed by atoms with van der Waals surface area (Å²) in [5.74, 6) is 1.58. The number of amides is 2. The maximum Gasteiger partial charge on any atom is 0.258 e. The van der Waals surface area contributed by atoms with Gasteiger partial charge in [-0.25, -0.2) is 0 Å². The standard InChI is InChI=1S/C24H20N4O2S2/c29-22(16-5-4-9-25-14-16)26-17-6-3-7-18(13-17)27-23(30)21-19-8-12-31-15-20(19)32-24(21)28-10-1-2-11-28/h1-7,9-11,13-14H,8,12,15H2,(H,26,29)(H,27,30). The fraction of sp³-hybridized carbons (Fsp3) is 0.125. The molecule has 0 radical (unpaired) electrons. The third-order valence-corrected chi connectivity index (χ3v) is 7.58. The first-order chi connectivity index (χ1) is 15.7. The van der Waals surface area contributed by atoms with Gasteiger partial charge in [0.1, 0.15) is 5.00 Å². The number of thioether (sulfide) groups is 1. The van der Waals surface area contributed by atoms with Crippen molar-refractivity contribution in [2.24, 2.45) is 0 Å². The van der Waals surface area contributed by atoms with Gasteiger partial charge in [0.25, 0.3) is 11.8 Å². The molecule has 0 spiro atoms. The number of fused-ring (bicyclic) bond motifs is 1. The summed E-state index contributed by atoms with van der Waals surface area (Å²) in [4.78, 5) is 31.1. The van der Waals surface area contributed by atoms with Crippen LogP contribution < -0.4 is 10.6 Å². The van der Waals surface area contributed by atoms with E-state index < -0.39 is 0 Å². The number of carbonyl (C=O) groups excluding carboxylic acids is 2. The molecule has 0 fully saturated rings. The summed E-state index contributed by atoms with van der Waals surface area (Å²) < 4.78 is 2.01. The lowest BCUT2D eigenvalue weighted by atomic mass is 10.1. The highest BCUT2D eigenvalue weighted by Crippen LogP contribution is 2.38. The van der Waals surface area contributed by atoms with Crippen LogP contribution in [0.4, 0.5) is 11.4 Å². The number of anilines is 2. The summed E-state index contributed by atoms with van der Waals surface area (Å²) >= 11 is 3.59. The molecule has 0 saturated heterocycles. The molecule has 0 unspecified atom stereocenters. The van der Waals surface area contributed by atoms with E-state index in [2.05, 4.69) is 15.6 Å². The van der Waals surface area contributed by atoms with E-state index in [1.165, 1.54) is 11.1 Å². The molecule has 160 valence electrons. The van der Waals surface area contributed by atoms with Crippen LogP contribution in [-0.2, 0) is 12.2 Å². The SMILES string of the molecule is O=C(Nc1cccc(NC(=O)c2c(-n3cccc3)sc3c2CCSC3)c1)c1cccnc1. The molecule has 2 amide bonds. The fourth-order valence-electron chi connectivity index (χ4n) is 3.67. The highest BCUT2D eigenvalue weighted by molar-refractivity contribution is 7.98. The van der Waals surface area contributed by atoms with Gasteiger partial charge in [-0.05, 0) is 60.2 Å². The fourth-order valence-corrected chi connectivity index (χ4v) is 6.12. The van der Waals surface area contributed by atoms with E-state index in [1.54, 1.807) is 47.9 Å². The first-order valence-corrected chi connectivity index (χ1v) is 12.1. The summed E-state index contributed by atoms with van der Waals surface area (Å²) in [6.07, 6.45) is 7.96. The number of benzene rings is 1. The molecule has 4 aromatic rings. The van der Waals surface area contributed by atoms with Crippen molar-refractivity contribution in [3.63, 3.8) is 0 Å². The number of nitrogens with one attached hydrogen (secondary N) is 2. The molecule has 0 bridgehead atoms. The van der Waals surface area contributed by atoms with Crippen molar-refractivity contribution < 1.29 is 9.59 Å². The maximum absolute atomic E-state index is 13.4. The van der Waals surface area contributed by atoms with Crippen molar-refractivity contribution in [2.75, 3.05) is 16.4 Å². The minimum Gasteiger partial charge on any atom is -0.322 e. The molecule has 0 atom stereocenters. The minimum absolute atomic E-state index is 0.131. The lowest BCUT2D eigenvalue weighted by Crippen LogP contribution is -2.17. The molecular weight excluding hydrogens is 440 g/mol. The van der Waals surface area contributed by atoms with Crippen LogP contribution in [0, 0.1) is 0 Å². The molecule has 32 heavy (non-hydrogen) atoms. The number of aromatic nitrogens is 2. The number of pyridine rings is 1. The zero-order valence-corrected chi connectivity index (χ0v) is 18.7. The number of rotatable bonds is 5. The lowest BCUT2D eigenvalue weighted by Gasteiger charge is -2.14. The zero-order chi connectivity index (χ0) is 21.9. The molecule has 0 aliphatic carbocycles. The molecule has 1 aliphatic heterocycles. The van der Waals surface area contributed by atoms with Gasteiger partial charge < -0.3 is 15.2 Å². The third kappa shape index (κ3) is 4.19. The van der Waals surface area contributed by atoms with Crippen LogP contribution in [0.5, 0.6) is 0 Å². The van der Waals surface area contributed by atoms with Gasteiger partial charge in [0.2, 0.25) is 0 Å². The van der Waals surface area contributed by atoms with Gasteiger partial charge in [-0.3, -0.25) is 14.6 Å². The summed E-state index contributed by atoms with van der Waals surface area (Å²) in [6.45, 7) is 0. The van der Waals surface area contributed by atoms with Crippen molar-refractivity contribution in [1.29, 1.82) is 0 Å². The van der Waals surface area contributed by atoms with Gasteiger partial charge in [0.15, 0.2) is 0 Å². The second-order valence-electron chi connectivity index (χ2n) is 7.31. The van der Waals surface area contributed by atoms with Crippen LogP contribution in [-0.4, -0.2) is 27.1 Å². The van der Waals surface area contributed by atoms with E-state index in [0.717, 1.165) is 34.1 Å². The molecule has 8 heteroatoms. The summed E-state index contributed by atoms with van der Waals surface area (Å²) in [5.41, 5.74) is 3.59. The average molecular weight is 461 g/mol. The smallest absolute Gasteiger partial charge is 0.258 e. The third-order valence-electron chi connectivity index (χ3n) is 5.17. The normalized spacial score (nSPS) is 12.8. The highest BCUT2D eigenvalue weighted by Gasteiger charge is 2.26. The predicted octanol–water partition coefficient (Wildman–Crippen LogP) is 5.23.